The maximum atomic E-state index is 10.2. The Balaban J connectivity index is 2.51. The van der Waals surface area contributed by atoms with Crippen LogP contribution in [0, 0.1) is 13.8 Å². The minimum atomic E-state index is 0.408. The van der Waals surface area contributed by atoms with Crippen molar-refractivity contribution in [2.45, 2.75) is 20.8 Å². The van der Waals surface area contributed by atoms with Gasteiger partial charge in [-0.3, -0.25) is 4.99 Å². The van der Waals surface area contributed by atoms with E-state index in [1.165, 1.54) is 16.4 Å². The van der Waals surface area contributed by atoms with Crippen LogP contribution in [-0.4, -0.2) is 17.9 Å². The van der Waals surface area contributed by atoms with Crippen molar-refractivity contribution in [3.8, 4) is 5.75 Å². The summed E-state index contributed by atoms with van der Waals surface area (Å²) in [6.07, 6.45) is 0. The molecule has 0 saturated heterocycles. The van der Waals surface area contributed by atoms with Gasteiger partial charge in [0.2, 0.25) is 0 Å². The zero-order valence-electron chi connectivity index (χ0n) is 12.4. The van der Waals surface area contributed by atoms with Gasteiger partial charge in [-0.05, 0) is 37.2 Å². The summed E-state index contributed by atoms with van der Waals surface area (Å²) < 4.78 is 0. The molecule has 0 aliphatic rings. The van der Waals surface area contributed by atoms with E-state index in [0.29, 0.717) is 14.3 Å². The molecule has 0 bridgehead atoms. The van der Waals surface area contributed by atoms with Crippen molar-refractivity contribution >= 4 is 24.9 Å². The minimum Gasteiger partial charge on any atom is -0.507 e. The van der Waals surface area contributed by atoms with E-state index in [1.54, 1.807) is 0 Å². The zero-order chi connectivity index (χ0) is 14.7. The first-order chi connectivity index (χ1) is 9.54. The molecule has 3 heteroatoms. The molecule has 0 aliphatic carbocycles. The van der Waals surface area contributed by atoms with Crippen LogP contribution in [0.4, 0.5) is 0 Å². The molecule has 0 amide bonds. The first-order valence-corrected chi connectivity index (χ1v) is 7.63. The lowest BCUT2D eigenvalue weighted by molar-refractivity contribution is 0.475. The Morgan fingerprint density at radius 3 is 2.40 bits per heavy atom. The largest absolute Gasteiger partial charge is 0.507 e. The van der Waals surface area contributed by atoms with Crippen molar-refractivity contribution in [3.05, 3.63) is 53.1 Å². The molecule has 0 radical (unpaired) electrons. The highest BCUT2D eigenvalue weighted by Gasteiger charge is 2.11. The molecule has 0 fully saturated rings. The fraction of sp³-hybridized carbons (Fsp3) is 0.235. The van der Waals surface area contributed by atoms with E-state index in [-0.39, 0.29) is 0 Å². The summed E-state index contributed by atoms with van der Waals surface area (Å²) in [5.74, 6) is 0.408. The van der Waals surface area contributed by atoms with Crippen LogP contribution in [0.15, 0.2) is 41.4 Å². The summed E-state index contributed by atoms with van der Waals surface area (Å²) in [7, 11) is 2.25. The molecule has 1 unspecified atom stereocenters. The van der Waals surface area contributed by atoms with Gasteiger partial charge in [0.1, 0.15) is 5.75 Å². The second-order valence-corrected chi connectivity index (χ2v) is 6.19. The Morgan fingerprint density at radius 2 is 1.70 bits per heavy atom. The molecule has 2 rings (SSSR count). The molecule has 0 saturated carbocycles. The number of aliphatic imine (C=N–C) groups is 1. The van der Waals surface area contributed by atoms with Crippen molar-refractivity contribution in [1.29, 1.82) is 0 Å². The van der Waals surface area contributed by atoms with E-state index < -0.39 is 0 Å². The lowest BCUT2D eigenvalue weighted by atomic mass is 10.1. The normalized spacial score (nSPS) is 12.3. The van der Waals surface area contributed by atoms with Crippen molar-refractivity contribution in [3.63, 3.8) is 0 Å². The Morgan fingerprint density at radius 1 is 1.05 bits per heavy atom. The molecule has 0 spiro atoms. The predicted octanol–water partition coefficient (Wildman–Crippen LogP) is 3.08. The molecule has 1 atom stereocenters. The standard InChI is InChI=1S/C17H20NOP/c1-11-7-6-10-15(16(11)19)20-17-12(2)8-5-9-14(17)13(3)18-4/h5-10,19-20H,1-4H3. The monoisotopic (exact) mass is 285 g/mol. The van der Waals surface area contributed by atoms with E-state index in [0.717, 1.165) is 16.6 Å². The predicted molar refractivity (Wildman–Crippen MR) is 89.7 cm³/mol. The highest BCUT2D eigenvalue weighted by Crippen LogP contribution is 2.24. The topological polar surface area (TPSA) is 32.6 Å². The Kier molecular flexibility index (Phi) is 4.57. The summed E-state index contributed by atoms with van der Waals surface area (Å²) in [5, 5.41) is 12.5. The van der Waals surface area contributed by atoms with Gasteiger partial charge in [-0.25, -0.2) is 0 Å². The Bertz CT molecular complexity index is 662. The lowest BCUT2D eigenvalue weighted by Crippen LogP contribution is -2.16. The summed E-state index contributed by atoms with van der Waals surface area (Å²) in [5.41, 5.74) is 4.37. The average molecular weight is 285 g/mol. The van der Waals surface area contributed by atoms with E-state index >= 15 is 0 Å². The second kappa shape index (κ2) is 6.19. The van der Waals surface area contributed by atoms with Crippen LogP contribution in [0.3, 0.4) is 0 Å². The second-order valence-electron chi connectivity index (χ2n) is 4.90. The van der Waals surface area contributed by atoms with Crippen molar-refractivity contribution < 1.29 is 5.11 Å². The van der Waals surface area contributed by atoms with E-state index in [1.807, 2.05) is 39.1 Å². The SMILES string of the molecule is CN=C(C)c1cccc(C)c1Pc1cccc(C)c1O. The number of aryl methyl sites for hydroxylation is 2. The van der Waals surface area contributed by atoms with Gasteiger partial charge in [0.25, 0.3) is 0 Å². The lowest BCUT2D eigenvalue weighted by Gasteiger charge is -2.14. The fourth-order valence-corrected chi connectivity index (χ4v) is 3.59. The van der Waals surface area contributed by atoms with Gasteiger partial charge in [0.05, 0.1) is 0 Å². The van der Waals surface area contributed by atoms with Gasteiger partial charge in [0.15, 0.2) is 0 Å². The van der Waals surface area contributed by atoms with E-state index in [9.17, 15) is 5.11 Å². The summed E-state index contributed by atoms with van der Waals surface area (Å²) >= 11 is 0. The number of phenolic OH excluding ortho intramolecular Hbond substituents is 1. The summed E-state index contributed by atoms with van der Waals surface area (Å²) in [6, 6.07) is 12.2. The maximum Gasteiger partial charge on any atom is 0.126 e. The highest BCUT2D eigenvalue weighted by atomic mass is 31.1. The number of para-hydroxylation sites is 1. The number of hydrogen-bond donors (Lipinski definition) is 1. The molecule has 2 aromatic carbocycles. The molecule has 0 heterocycles. The van der Waals surface area contributed by atoms with Gasteiger partial charge in [-0.1, -0.05) is 45.0 Å². The molecule has 0 aromatic heterocycles. The molecule has 0 aliphatic heterocycles. The van der Waals surface area contributed by atoms with Crippen molar-refractivity contribution in [2.75, 3.05) is 7.05 Å². The fourth-order valence-electron chi connectivity index (χ4n) is 2.15. The molecule has 1 N–H and O–H groups in total. The molecule has 2 nitrogen and oxygen atoms in total. The van der Waals surface area contributed by atoms with Crippen LogP contribution in [-0.2, 0) is 0 Å². The van der Waals surface area contributed by atoms with Crippen LogP contribution in [0.2, 0.25) is 0 Å². The molecule has 2 aromatic rings. The third kappa shape index (κ3) is 2.91. The van der Waals surface area contributed by atoms with Gasteiger partial charge in [-0.2, -0.15) is 0 Å². The molecule has 104 valence electrons. The quantitative estimate of drug-likeness (QED) is 0.682. The number of rotatable bonds is 3. The van der Waals surface area contributed by atoms with E-state index in [4.69, 9.17) is 0 Å². The van der Waals surface area contributed by atoms with Crippen molar-refractivity contribution in [1.82, 2.24) is 0 Å². The van der Waals surface area contributed by atoms with Crippen LogP contribution in [0.5, 0.6) is 5.75 Å². The molecular weight excluding hydrogens is 265 g/mol. The zero-order valence-corrected chi connectivity index (χ0v) is 13.4. The van der Waals surface area contributed by atoms with Gasteiger partial charge in [0, 0.05) is 23.6 Å². The molecular formula is C17H20NOP. The summed E-state index contributed by atoms with van der Waals surface area (Å²) in [4.78, 5) is 4.30. The van der Waals surface area contributed by atoms with Gasteiger partial charge < -0.3 is 5.11 Å². The average Bonchev–Trinajstić information content (AvgIpc) is 2.45. The number of nitrogens with zero attached hydrogens (tertiary/aromatic N) is 1. The first kappa shape index (κ1) is 14.7. The maximum absolute atomic E-state index is 10.2. The molecule has 20 heavy (non-hydrogen) atoms. The van der Waals surface area contributed by atoms with Crippen LogP contribution >= 0.6 is 8.58 Å². The van der Waals surface area contributed by atoms with Crippen LogP contribution in [0.1, 0.15) is 23.6 Å². The Hall–Kier alpha value is -1.66. The van der Waals surface area contributed by atoms with Crippen LogP contribution in [0.25, 0.3) is 0 Å². The Labute approximate surface area is 122 Å². The highest BCUT2D eigenvalue weighted by molar-refractivity contribution is 7.56. The van der Waals surface area contributed by atoms with Gasteiger partial charge in [-0.15, -0.1) is 0 Å². The third-order valence-corrected chi connectivity index (χ3v) is 5.08. The van der Waals surface area contributed by atoms with Crippen molar-refractivity contribution in [2.24, 2.45) is 4.99 Å². The smallest absolute Gasteiger partial charge is 0.126 e. The van der Waals surface area contributed by atoms with E-state index in [2.05, 4.69) is 30.1 Å². The first-order valence-electron chi connectivity index (χ1n) is 6.63. The van der Waals surface area contributed by atoms with Crippen LogP contribution < -0.4 is 10.6 Å². The minimum absolute atomic E-state index is 0.408. The van der Waals surface area contributed by atoms with Gasteiger partial charge >= 0.3 is 0 Å². The number of benzene rings is 2. The number of phenols is 1. The number of aromatic hydroxyl groups is 1. The number of hydrogen-bond acceptors (Lipinski definition) is 2. The summed E-state index contributed by atoms with van der Waals surface area (Å²) in [6.45, 7) is 6.07. The third-order valence-electron chi connectivity index (χ3n) is 3.50.